The van der Waals surface area contributed by atoms with E-state index in [2.05, 4.69) is 4.72 Å². The first-order chi connectivity index (χ1) is 9.12. The number of rotatable bonds is 8. The molecule has 19 heavy (non-hydrogen) atoms. The summed E-state index contributed by atoms with van der Waals surface area (Å²) in [5, 5.41) is 0. The summed E-state index contributed by atoms with van der Waals surface area (Å²) >= 11 is 0. The fourth-order valence-electron chi connectivity index (χ4n) is 2.03. The molecule has 1 aromatic rings. The molecule has 0 heterocycles. The molecule has 0 radical (unpaired) electrons. The lowest BCUT2D eigenvalue weighted by Crippen LogP contribution is -2.25. The Kier molecular flexibility index (Phi) is 4.96. The Morgan fingerprint density at radius 2 is 1.89 bits per heavy atom. The zero-order valence-electron chi connectivity index (χ0n) is 11.1. The summed E-state index contributed by atoms with van der Waals surface area (Å²) in [5.41, 5.74) is 6.58. The zero-order chi connectivity index (χ0) is 13.7. The first-order valence-corrected chi connectivity index (χ1v) is 8.39. The van der Waals surface area contributed by atoms with Gasteiger partial charge in [0.1, 0.15) is 0 Å². The van der Waals surface area contributed by atoms with Gasteiger partial charge in [-0.05, 0) is 49.4 Å². The standard InChI is InChI=1S/C14H22N2O2S/c15-10-1-2-12-5-7-14(8-6-12)19(17,18)16-11-9-13-3-4-13/h5-8,13,16H,1-4,9-11,15H2. The van der Waals surface area contributed by atoms with Crippen molar-refractivity contribution in [2.24, 2.45) is 11.7 Å². The molecule has 0 amide bonds. The lowest BCUT2D eigenvalue weighted by molar-refractivity contribution is 0.575. The summed E-state index contributed by atoms with van der Waals surface area (Å²) in [5.74, 6) is 0.737. The van der Waals surface area contributed by atoms with Crippen LogP contribution in [0.3, 0.4) is 0 Å². The van der Waals surface area contributed by atoms with Gasteiger partial charge in [0, 0.05) is 6.54 Å². The Hall–Kier alpha value is -0.910. The van der Waals surface area contributed by atoms with Gasteiger partial charge in [0.15, 0.2) is 0 Å². The molecule has 1 aromatic carbocycles. The molecular weight excluding hydrogens is 260 g/mol. The van der Waals surface area contributed by atoms with E-state index >= 15 is 0 Å². The van der Waals surface area contributed by atoms with Crippen LogP contribution >= 0.6 is 0 Å². The maximum atomic E-state index is 12.0. The van der Waals surface area contributed by atoms with Gasteiger partial charge in [-0.25, -0.2) is 13.1 Å². The number of hydrogen-bond donors (Lipinski definition) is 2. The van der Waals surface area contributed by atoms with Crippen LogP contribution in [0, 0.1) is 5.92 Å². The molecule has 3 N–H and O–H groups in total. The van der Waals surface area contributed by atoms with Crippen LogP contribution in [-0.4, -0.2) is 21.5 Å². The molecular formula is C14H22N2O2S. The van der Waals surface area contributed by atoms with Crippen molar-refractivity contribution < 1.29 is 8.42 Å². The Morgan fingerprint density at radius 3 is 2.47 bits per heavy atom. The largest absolute Gasteiger partial charge is 0.330 e. The molecule has 0 saturated heterocycles. The predicted molar refractivity (Wildman–Crippen MR) is 76.3 cm³/mol. The van der Waals surface area contributed by atoms with Gasteiger partial charge < -0.3 is 5.73 Å². The van der Waals surface area contributed by atoms with Gasteiger partial charge in [0.2, 0.25) is 10.0 Å². The lowest BCUT2D eigenvalue weighted by atomic mass is 10.1. The van der Waals surface area contributed by atoms with Crippen LogP contribution in [0.4, 0.5) is 0 Å². The molecule has 5 heteroatoms. The lowest BCUT2D eigenvalue weighted by Gasteiger charge is -2.07. The van der Waals surface area contributed by atoms with Crippen LogP contribution in [0.2, 0.25) is 0 Å². The monoisotopic (exact) mass is 282 g/mol. The molecule has 0 aromatic heterocycles. The van der Waals surface area contributed by atoms with E-state index < -0.39 is 10.0 Å². The Bertz CT molecular complexity index is 493. The molecule has 4 nitrogen and oxygen atoms in total. The number of nitrogens with two attached hydrogens (primary N) is 1. The maximum Gasteiger partial charge on any atom is 0.240 e. The summed E-state index contributed by atoms with van der Waals surface area (Å²) in [6, 6.07) is 7.08. The van der Waals surface area contributed by atoms with Gasteiger partial charge in [0.25, 0.3) is 0 Å². The van der Waals surface area contributed by atoms with Gasteiger partial charge in [-0.3, -0.25) is 0 Å². The number of hydrogen-bond acceptors (Lipinski definition) is 3. The maximum absolute atomic E-state index is 12.0. The van der Waals surface area contributed by atoms with Crippen molar-refractivity contribution in [2.75, 3.05) is 13.1 Å². The molecule has 0 bridgehead atoms. The third-order valence-corrected chi connectivity index (χ3v) is 4.92. The van der Waals surface area contributed by atoms with Gasteiger partial charge in [-0.2, -0.15) is 0 Å². The Balaban J connectivity index is 1.90. The second-order valence-corrected chi connectivity index (χ2v) is 6.93. The fraction of sp³-hybridized carbons (Fsp3) is 0.571. The van der Waals surface area contributed by atoms with Crippen molar-refractivity contribution in [3.63, 3.8) is 0 Å². The molecule has 2 rings (SSSR count). The molecule has 1 aliphatic rings. The average Bonchev–Trinajstić information content (AvgIpc) is 3.21. The van der Waals surface area contributed by atoms with E-state index in [1.165, 1.54) is 12.8 Å². The van der Waals surface area contributed by atoms with Gasteiger partial charge in [-0.15, -0.1) is 0 Å². The first-order valence-electron chi connectivity index (χ1n) is 6.90. The number of aryl methyl sites for hydroxylation is 1. The van der Waals surface area contributed by atoms with Crippen LogP contribution in [0.5, 0.6) is 0 Å². The van der Waals surface area contributed by atoms with Crippen LogP contribution < -0.4 is 10.5 Å². The average molecular weight is 282 g/mol. The van der Waals surface area contributed by atoms with Crippen LogP contribution in [0.1, 0.15) is 31.2 Å². The smallest absolute Gasteiger partial charge is 0.240 e. The van der Waals surface area contributed by atoms with Crippen molar-refractivity contribution in [3.8, 4) is 0 Å². The van der Waals surface area contributed by atoms with Crippen molar-refractivity contribution in [1.29, 1.82) is 0 Å². The van der Waals surface area contributed by atoms with Crippen LogP contribution in [0.15, 0.2) is 29.2 Å². The van der Waals surface area contributed by atoms with E-state index in [9.17, 15) is 8.42 Å². The molecule has 106 valence electrons. The van der Waals surface area contributed by atoms with Crippen molar-refractivity contribution in [2.45, 2.75) is 37.0 Å². The van der Waals surface area contributed by atoms with Gasteiger partial charge >= 0.3 is 0 Å². The normalized spacial score (nSPS) is 15.6. The molecule has 1 saturated carbocycles. The number of benzene rings is 1. The van der Waals surface area contributed by atoms with Gasteiger partial charge in [0.05, 0.1) is 4.90 Å². The molecule has 0 aliphatic heterocycles. The Morgan fingerprint density at radius 1 is 1.21 bits per heavy atom. The molecule has 0 atom stereocenters. The van der Waals surface area contributed by atoms with Crippen molar-refractivity contribution in [1.82, 2.24) is 4.72 Å². The summed E-state index contributed by atoms with van der Waals surface area (Å²) in [7, 11) is -3.34. The molecule has 1 aliphatic carbocycles. The van der Waals surface area contributed by atoms with E-state index in [0.717, 1.165) is 30.7 Å². The number of nitrogens with one attached hydrogen (secondary N) is 1. The quantitative estimate of drug-likeness (QED) is 0.761. The summed E-state index contributed by atoms with van der Waals surface area (Å²) < 4.78 is 26.7. The molecule has 0 spiro atoms. The highest BCUT2D eigenvalue weighted by Crippen LogP contribution is 2.31. The summed E-state index contributed by atoms with van der Waals surface area (Å²) in [4.78, 5) is 0.347. The minimum atomic E-state index is -3.34. The van der Waals surface area contributed by atoms with Crippen LogP contribution in [0.25, 0.3) is 0 Å². The fourth-order valence-corrected chi connectivity index (χ4v) is 3.08. The molecule has 1 fully saturated rings. The topological polar surface area (TPSA) is 72.2 Å². The number of sulfonamides is 1. The summed E-state index contributed by atoms with van der Waals surface area (Å²) in [6.07, 6.45) is 5.26. The highest BCUT2D eigenvalue weighted by molar-refractivity contribution is 7.89. The van der Waals surface area contributed by atoms with E-state index in [-0.39, 0.29) is 0 Å². The van der Waals surface area contributed by atoms with Crippen molar-refractivity contribution in [3.05, 3.63) is 29.8 Å². The predicted octanol–water partition coefficient (Wildman–Crippen LogP) is 1.66. The highest BCUT2D eigenvalue weighted by Gasteiger charge is 2.22. The zero-order valence-corrected chi connectivity index (χ0v) is 12.0. The summed E-state index contributed by atoms with van der Waals surface area (Å²) in [6.45, 7) is 1.20. The first kappa shape index (κ1) is 14.5. The van der Waals surface area contributed by atoms with Crippen molar-refractivity contribution >= 4 is 10.0 Å². The van der Waals surface area contributed by atoms with Gasteiger partial charge in [-0.1, -0.05) is 25.0 Å². The van der Waals surface area contributed by atoms with E-state index in [4.69, 9.17) is 5.73 Å². The van der Waals surface area contributed by atoms with Crippen LogP contribution in [-0.2, 0) is 16.4 Å². The SMILES string of the molecule is NCCCc1ccc(S(=O)(=O)NCCC2CC2)cc1. The minimum Gasteiger partial charge on any atom is -0.330 e. The van der Waals surface area contributed by atoms with E-state index in [1.54, 1.807) is 12.1 Å². The Labute approximate surface area is 115 Å². The third-order valence-electron chi connectivity index (χ3n) is 3.44. The molecule has 0 unspecified atom stereocenters. The highest BCUT2D eigenvalue weighted by atomic mass is 32.2. The van der Waals surface area contributed by atoms with E-state index in [1.807, 2.05) is 12.1 Å². The second kappa shape index (κ2) is 6.50. The minimum absolute atomic E-state index is 0.347. The van der Waals surface area contributed by atoms with E-state index in [0.29, 0.717) is 18.0 Å². The third kappa shape index (κ3) is 4.60. The second-order valence-electron chi connectivity index (χ2n) is 5.17.